The van der Waals surface area contributed by atoms with Gasteiger partial charge in [0.1, 0.15) is 23.7 Å². The molecule has 0 radical (unpaired) electrons. The Morgan fingerprint density at radius 2 is 1.81 bits per heavy atom. The van der Waals surface area contributed by atoms with E-state index in [0.717, 1.165) is 22.3 Å². The van der Waals surface area contributed by atoms with Crippen LogP contribution in [0.5, 0.6) is 11.5 Å². The number of methoxy groups -OCH3 is 2. The van der Waals surface area contributed by atoms with Gasteiger partial charge in [-0.2, -0.15) is 0 Å². The van der Waals surface area contributed by atoms with E-state index in [0.29, 0.717) is 62.3 Å². The molecular formula is C24H32N2O6. The number of fused-ring (bicyclic) bond motifs is 1. The highest BCUT2D eigenvalue weighted by molar-refractivity contribution is 5.98. The number of cyclic esters (lactones) is 1. The monoisotopic (exact) mass is 444 g/mol. The molecule has 2 aliphatic heterocycles. The van der Waals surface area contributed by atoms with Gasteiger partial charge in [0, 0.05) is 36.6 Å². The topological polar surface area (TPSA) is 108 Å². The van der Waals surface area contributed by atoms with Crippen molar-refractivity contribution < 1.29 is 28.6 Å². The number of hydrogen-bond acceptors (Lipinski definition) is 6. The lowest BCUT2D eigenvalue weighted by Gasteiger charge is -2.30. The van der Waals surface area contributed by atoms with Crippen LogP contribution in [0, 0.1) is 12.8 Å². The van der Waals surface area contributed by atoms with E-state index in [1.807, 2.05) is 24.8 Å². The predicted molar refractivity (Wildman–Crippen MR) is 119 cm³/mol. The van der Waals surface area contributed by atoms with E-state index in [-0.39, 0.29) is 30.3 Å². The molecule has 2 heterocycles. The van der Waals surface area contributed by atoms with Crippen LogP contribution in [-0.4, -0.2) is 50.0 Å². The number of rotatable bonds is 8. The summed E-state index contributed by atoms with van der Waals surface area (Å²) >= 11 is 0. The molecule has 1 aromatic carbocycles. The maximum absolute atomic E-state index is 12.6. The molecule has 0 spiro atoms. The van der Waals surface area contributed by atoms with Crippen molar-refractivity contribution in [2.75, 3.05) is 27.3 Å². The first-order valence-electron chi connectivity index (χ1n) is 10.9. The van der Waals surface area contributed by atoms with Crippen LogP contribution in [0.1, 0.15) is 59.7 Å². The van der Waals surface area contributed by atoms with Crippen LogP contribution < -0.4 is 15.2 Å². The fourth-order valence-electron chi connectivity index (χ4n) is 4.49. The SMILES string of the molecule is COc1c(C)c2c(c(OC)c1CC=C(C)CCC(=O)N1CCC(C(N)=O)CC1)C(=O)OC2. The Bertz CT molecular complexity index is 945. The third-order valence-electron chi connectivity index (χ3n) is 6.47. The van der Waals surface area contributed by atoms with Crippen LogP contribution in [0.2, 0.25) is 0 Å². The highest BCUT2D eigenvalue weighted by Gasteiger charge is 2.32. The molecule has 0 bridgehead atoms. The summed E-state index contributed by atoms with van der Waals surface area (Å²) in [7, 11) is 3.14. The van der Waals surface area contributed by atoms with Gasteiger partial charge in [0.15, 0.2) is 0 Å². The number of hydrogen-bond donors (Lipinski definition) is 1. The molecule has 2 amide bonds. The van der Waals surface area contributed by atoms with Crippen LogP contribution in [0.4, 0.5) is 0 Å². The van der Waals surface area contributed by atoms with Crippen LogP contribution in [0.15, 0.2) is 11.6 Å². The summed E-state index contributed by atoms with van der Waals surface area (Å²) in [4.78, 5) is 37.9. The van der Waals surface area contributed by atoms with Gasteiger partial charge in [-0.3, -0.25) is 9.59 Å². The molecule has 1 aromatic rings. The minimum Gasteiger partial charge on any atom is -0.496 e. The molecule has 1 fully saturated rings. The molecule has 2 aliphatic rings. The number of carbonyl (C=O) groups is 3. The Morgan fingerprint density at radius 3 is 2.41 bits per heavy atom. The summed E-state index contributed by atoms with van der Waals surface area (Å²) < 4.78 is 16.4. The van der Waals surface area contributed by atoms with Crippen molar-refractivity contribution in [1.29, 1.82) is 0 Å². The number of likely N-dealkylation sites (tertiary alicyclic amines) is 1. The second kappa shape index (κ2) is 10.1. The number of allylic oxidation sites excluding steroid dienone is 2. The van der Waals surface area contributed by atoms with Crippen LogP contribution in [-0.2, 0) is 27.4 Å². The van der Waals surface area contributed by atoms with E-state index in [1.54, 1.807) is 7.11 Å². The van der Waals surface area contributed by atoms with Gasteiger partial charge >= 0.3 is 5.97 Å². The van der Waals surface area contributed by atoms with Crippen LogP contribution in [0.25, 0.3) is 0 Å². The Labute approximate surface area is 188 Å². The summed E-state index contributed by atoms with van der Waals surface area (Å²) in [5, 5.41) is 0. The van der Waals surface area contributed by atoms with E-state index < -0.39 is 0 Å². The van der Waals surface area contributed by atoms with Gasteiger partial charge in [-0.25, -0.2) is 4.79 Å². The normalized spacial score (nSPS) is 16.6. The minimum atomic E-state index is -0.379. The summed E-state index contributed by atoms with van der Waals surface area (Å²) in [5.74, 6) is 0.483. The van der Waals surface area contributed by atoms with Gasteiger partial charge in [-0.15, -0.1) is 0 Å². The Kier molecular flexibility index (Phi) is 7.43. The molecule has 174 valence electrons. The number of primary amides is 1. The molecule has 0 unspecified atom stereocenters. The summed E-state index contributed by atoms with van der Waals surface area (Å²) in [6.45, 7) is 5.28. The van der Waals surface area contributed by atoms with Gasteiger partial charge in [-0.05, 0) is 45.1 Å². The maximum atomic E-state index is 12.6. The molecule has 0 saturated carbocycles. The molecule has 0 aromatic heterocycles. The third-order valence-corrected chi connectivity index (χ3v) is 6.47. The molecule has 0 aliphatic carbocycles. The lowest BCUT2D eigenvalue weighted by atomic mass is 9.94. The molecule has 32 heavy (non-hydrogen) atoms. The third kappa shape index (κ3) is 4.74. The number of esters is 1. The van der Waals surface area contributed by atoms with Gasteiger partial charge in [-0.1, -0.05) is 11.6 Å². The fourth-order valence-corrected chi connectivity index (χ4v) is 4.49. The number of benzene rings is 1. The Morgan fingerprint density at radius 1 is 1.16 bits per heavy atom. The lowest BCUT2D eigenvalue weighted by molar-refractivity contribution is -0.134. The fraction of sp³-hybridized carbons (Fsp3) is 0.542. The van der Waals surface area contributed by atoms with Crippen LogP contribution >= 0.6 is 0 Å². The highest BCUT2D eigenvalue weighted by atomic mass is 16.5. The van der Waals surface area contributed by atoms with Crippen molar-refractivity contribution in [1.82, 2.24) is 4.90 Å². The number of nitrogens with two attached hydrogens (primary N) is 1. The first-order valence-corrected chi connectivity index (χ1v) is 10.9. The molecule has 8 nitrogen and oxygen atoms in total. The first kappa shape index (κ1) is 23.6. The summed E-state index contributed by atoms with van der Waals surface area (Å²) in [6.07, 6.45) is 4.86. The van der Waals surface area contributed by atoms with Crippen molar-refractivity contribution in [3.8, 4) is 11.5 Å². The largest absolute Gasteiger partial charge is 0.496 e. The van der Waals surface area contributed by atoms with Crippen LogP contribution in [0.3, 0.4) is 0 Å². The average Bonchev–Trinajstić information content (AvgIpc) is 3.18. The second-order valence-electron chi connectivity index (χ2n) is 8.41. The van der Waals surface area contributed by atoms with Crippen molar-refractivity contribution >= 4 is 17.8 Å². The quantitative estimate of drug-likeness (QED) is 0.488. The van der Waals surface area contributed by atoms with E-state index in [4.69, 9.17) is 19.9 Å². The van der Waals surface area contributed by atoms with Gasteiger partial charge in [0.2, 0.25) is 11.8 Å². The van der Waals surface area contributed by atoms with Crippen molar-refractivity contribution in [3.05, 3.63) is 33.9 Å². The van der Waals surface area contributed by atoms with Gasteiger partial charge < -0.3 is 24.8 Å². The van der Waals surface area contributed by atoms with Crippen molar-refractivity contribution in [2.24, 2.45) is 11.7 Å². The number of nitrogens with zero attached hydrogens (tertiary/aromatic N) is 1. The zero-order chi connectivity index (χ0) is 23.4. The minimum absolute atomic E-state index is 0.0898. The first-order chi connectivity index (χ1) is 15.3. The molecule has 8 heteroatoms. The zero-order valence-electron chi connectivity index (χ0n) is 19.3. The number of carbonyl (C=O) groups excluding carboxylic acids is 3. The molecule has 2 N–H and O–H groups in total. The molecular weight excluding hydrogens is 412 g/mol. The van der Waals surface area contributed by atoms with Gasteiger partial charge in [0.05, 0.1) is 14.2 Å². The van der Waals surface area contributed by atoms with E-state index >= 15 is 0 Å². The van der Waals surface area contributed by atoms with Crippen molar-refractivity contribution in [2.45, 2.75) is 52.6 Å². The lowest BCUT2D eigenvalue weighted by Crippen LogP contribution is -2.41. The van der Waals surface area contributed by atoms with Crippen molar-refractivity contribution in [3.63, 3.8) is 0 Å². The molecule has 1 saturated heterocycles. The van der Waals surface area contributed by atoms with Gasteiger partial charge in [0.25, 0.3) is 0 Å². The Hall–Kier alpha value is -3.03. The number of ether oxygens (including phenoxy) is 3. The average molecular weight is 445 g/mol. The maximum Gasteiger partial charge on any atom is 0.342 e. The number of amides is 2. The molecule has 0 atom stereocenters. The summed E-state index contributed by atoms with van der Waals surface area (Å²) in [5.41, 5.74) is 9.38. The van der Waals surface area contributed by atoms with E-state index in [2.05, 4.69) is 0 Å². The highest BCUT2D eigenvalue weighted by Crippen LogP contribution is 2.42. The van der Waals surface area contributed by atoms with E-state index in [9.17, 15) is 14.4 Å². The molecule has 3 rings (SSSR count). The number of piperidine rings is 1. The Balaban J connectivity index is 1.67. The predicted octanol–water partition coefficient (Wildman–Crippen LogP) is 2.68. The summed E-state index contributed by atoms with van der Waals surface area (Å²) in [6, 6.07) is 0. The smallest absolute Gasteiger partial charge is 0.342 e. The zero-order valence-corrected chi connectivity index (χ0v) is 19.3. The second-order valence-corrected chi connectivity index (χ2v) is 8.41. The standard InChI is InChI=1S/C24H32N2O6/c1-14(6-8-19(27)26-11-9-16(10-12-26)23(25)28)5-7-17-21(30-3)15(2)18-13-32-24(29)20(18)22(17)31-4/h5,16H,6-13H2,1-4H3,(H2,25,28). The van der Waals surface area contributed by atoms with E-state index in [1.165, 1.54) is 7.11 Å².